The lowest BCUT2D eigenvalue weighted by Gasteiger charge is -1.99. The third-order valence-electron chi connectivity index (χ3n) is 1.27. The number of hydrogen-bond acceptors (Lipinski definition) is 2. The van der Waals surface area contributed by atoms with Crippen LogP contribution in [0.3, 0.4) is 0 Å². The first-order valence-electron chi connectivity index (χ1n) is 2.69. The van der Waals surface area contributed by atoms with Gasteiger partial charge < -0.3 is 5.32 Å². The second kappa shape index (κ2) is 2.35. The number of halogens is 1. The minimum Gasteiger partial charge on any atom is -0.345 e. The van der Waals surface area contributed by atoms with E-state index < -0.39 is 11.3 Å². The Balaban J connectivity index is 2.48. The number of amides is 1. The molecular formula is C5H6ClNO2. The molecule has 3 nitrogen and oxygen atoms in total. The molecule has 0 aromatic heterocycles. The monoisotopic (exact) mass is 147 g/mol. The maximum absolute atomic E-state index is 10.4. The molecule has 0 aromatic carbocycles. The summed E-state index contributed by atoms with van der Waals surface area (Å²) in [6.07, 6.45) is 0.963. The molecule has 0 spiro atoms. The standard InChI is InChI=1S/C5H6ClNO2/c6-5(9)3-1-2-4(8)7-3/h3H,1-2H2,(H,7,8)/t3-/m0/s1. The lowest BCUT2D eigenvalue weighted by Crippen LogP contribution is -2.29. The molecule has 9 heavy (non-hydrogen) atoms. The highest BCUT2D eigenvalue weighted by molar-refractivity contribution is 6.65. The molecule has 0 bridgehead atoms. The smallest absolute Gasteiger partial charge is 0.244 e. The van der Waals surface area contributed by atoms with Crippen molar-refractivity contribution >= 4 is 22.8 Å². The van der Waals surface area contributed by atoms with Gasteiger partial charge in [-0.05, 0) is 18.0 Å². The summed E-state index contributed by atoms with van der Waals surface area (Å²) in [5.41, 5.74) is 0. The van der Waals surface area contributed by atoms with Gasteiger partial charge in [0.2, 0.25) is 11.1 Å². The highest BCUT2D eigenvalue weighted by atomic mass is 35.5. The van der Waals surface area contributed by atoms with E-state index in [-0.39, 0.29) is 5.91 Å². The van der Waals surface area contributed by atoms with Gasteiger partial charge in [-0.3, -0.25) is 9.59 Å². The molecule has 0 radical (unpaired) electrons. The van der Waals surface area contributed by atoms with Crippen LogP contribution in [0, 0.1) is 0 Å². The largest absolute Gasteiger partial charge is 0.345 e. The van der Waals surface area contributed by atoms with E-state index in [0.29, 0.717) is 12.8 Å². The van der Waals surface area contributed by atoms with E-state index in [0.717, 1.165) is 0 Å². The van der Waals surface area contributed by atoms with Crippen LogP contribution in [0.25, 0.3) is 0 Å². The maximum atomic E-state index is 10.4. The molecule has 1 fully saturated rings. The average Bonchev–Trinajstić information content (AvgIpc) is 2.14. The van der Waals surface area contributed by atoms with Crippen LogP contribution < -0.4 is 5.32 Å². The first-order chi connectivity index (χ1) is 4.20. The van der Waals surface area contributed by atoms with Gasteiger partial charge in [-0.15, -0.1) is 0 Å². The lowest BCUT2D eigenvalue weighted by atomic mass is 10.2. The van der Waals surface area contributed by atoms with Crippen LogP contribution in [0.2, 0.25) is 0 Å². The van der Waals surface area contributed by atoms with Gasteiger partial charge >= 0.3 is 0 Å². The predicted octanol–water partition coefficient (Wildman–Crippen LogP) is 0.0304. The van der Waals surface area contributed by atoms with Gasteiger partial charge in [0, 0.05) is 6.42 Å². The van der Waals surface area contributed by atoms with Crippen LogP contribution in [0.5, 0.6) is 0 Å². The summed E-state index contributed by atoms with van der Waals surface area (Å²) in [5, 5.41) is 1.96. The fraction of sp³-hybridized carbons (Fsp3) is 0.600. The molecule has 50 valence electrons. The molecule has 1 atom stereocenters. The van der Waals surface area contributed by atoms with Gasteiger partial charge in [0.1, 0.15) is 6.04 Å². The normalized spacial score (nSPS) is 25.9. The Bertz CT molecular complexity index is 157. The summed E-state index contributed by atoms with van der Waals surface area (Å²) >= 11 is 5.10. The molecule has 1 rings (SSSR count). The van der Waals surface area contributed by atoms with Crippen molar-refractivity contribution in [3.63, 3.8) is 0 Å². The van der Waals surface area contributed by atoms with E-state index in [1.165, 1.54) is 0 Å². The van der Waals surface area contributed by atoms with Crippen LogP contribution in [0.15, 0.2) is 0 Å². The SMILES string of the molecule is O=C1CC[C@@H](C(=O)Cl)N1. The zero-order chi connectivity index (χ0) is 6.85. The number of hydrogen-bond donors (Lipinski definition) is 1. The third kappa shape index (κ3) is 1.42. The first kappa shape index (κ1) is 6.55. The maximum Gasteiger partial charge on any atom is 0.244 e. The zero-order valence-corrected chi connectivity index (χ0v) is 5.44. The molecular weight excluding hydrogens is 142 g/mol. The van der Waals surface area contributed by atoms with Crippen LogP contribution in [0.1, 0.15) is 12.8 Å². The Kier molecular flexibility index (Phi) is 1.71. The minimum atomic E-state index is -0.471. The molecule has 0 saturated carbocycles. The number of carbonyl (C=O) groups is 2. The fourth-order valence-corrected chi connectivity index (χ4v) is 0.948. The quantitative estimate of drug-likeness (QED) is 0.532. The van der Waals surface area contributed by atoms with Crippen molar-refractivity contribution in [3.05, 3.63) is 0 Å². The topological polar surface area (TPSA) is 46.2 Å². The van der Waals surface area contributed by atoms with Gasteiger partial charge in [0.05, 0.1) is 0 Å². The summed E-state index contributed by atoms with van der Waals surface area (Å²) in [4.78, 5) is 20.8. The lowest BCUT2D eigenvalue weighted by molar-refractivity contribution is -0.121. The Labute approximate surface area is 57.4 Å². The Morgan fingerprint density at radius 1 is 1.78 bits per heavy atom. The van der Waals surface area contributed by atoms with Crippen LogP contribution in [0.4, 0.5) is 0 Å². The number of carbonyl (C=O) groups excluding carboxylic acids is 2. The second-order valence-corrected chi connectivity index (χ2v) is 2.34. The molecule has 1 saturated heterocycles. The molecule has 0 unspecified atom stereocenters. The van der Waals surface area contributed by atoms with Crippen LogP contribution in [-0.2, 0) is 9.59 Å². The van der Waals surface area contributed by atoms with Crippen molar-refractivity contribution in [1.82, 2.24) is 5.32 Å². The van der Waals surface area contributed by atoms with Crippen molar-refractivity contribution < 1.29 is 9.59 Å². The van der Waals surface area contributed by atoms with Crippen molar-refractivity contribution in [1.29, 1.82) is 0 Å². The summed E-state index contributed by atoms with van der Waals surface area (Å²) in [5.74, 6) is -0.0889. The zero-order valence-electron chi connectivity index (χ0n) is 4.69. The summed E-state index contributed by atoms with van der Waals surface area (Å²) in [7, 11) is 0. The van der Waals surface area contributed by atoms with E-state index in [2.05, 4.69) is 5.32 Å². The molecule has 1 amide bonds. The van der Waals surface area contributed by atoms with Crippen molar-refractivity contribution in [3.8, 4) is 0 Å². The minimum absolute atomic E-state index is 0.0889. The molecule has 0 aromatic rings. The highest BCUT2D eigenvalue weighted by Crippen LogP contribution is 2.08. The second-order valence-electron chi connectivity index (χ2n) is 1.96. The van der Waals surface area contributed by atoms with Crippen LogP contribution in [-0.4, -0.2) is 17.2 Å². The third-order valence-corrected chi connectivity index (χ3v) is 1.53. The van der Waals surface area contributed by atoms with E-state index in [1.807, 2.05) is 0 Å². The molecule has 1 heterocycles. The Morgan fingerprint density at radius 2 is 2.44 bits per heavy atom. The predicted molar refractivity (Wildman–Crippen MR) is 32.0 cm³/mol. The highest BCUT2D eigenvalue weighted by Gasteiger charge is 2.25. The van der Waals surface area contributed by atoms with Gasteiger partial charge in [0.25, 0.3) is 0 Å². The van der Waals surface area contributed by atoms with Crippen LogP contribution >= 0.6 is 11.6 Å². The van der Waals surface area contributed by atoms with Gasteiger partial charge in [-0.2, -0.15) is 0 Å². The van der Waals surface area contributed by atoms with Crippen molar-refractivity contribution in [2.45, 2.75) is 18.9 Å². The summed E-state index contributed by atoms with van der Waals surface area (Å²) < 4.78 is 0. The molecule has 4 heteroatoms. The van der Waals surface area contributed by atoms with E-state index in [1.54, 1.807) is 0 Å². The van der Waals surface area contributed by atoms with Crippen molar-refractivity contribution in [2.24, 2.45) is 0 Å². The fourth-order valence-electron chi connectivity index (χ4n) is 0.784. The number of rotatable bonds is 1. The molecule has 0 aliphatic carbocycles. The van der Waals surface area contributed by atoms with Gasteiger partial charge in [0.15, 0.2) is 0 Å². The molecule has 1 aliphatic rings. The Morgan fingerprint density at radius 3 is 2.67 bits per heavy atom. The van der Waals surface area contributed by atoms with Gasteiger partial charge in [-0.25, -0.2) is 0 Å². The molecule has 1 N–H and O–H groups in total. The number of nitrogens with one attached hydrogen (secondary N) is 1. The average molecular weight is 148 g/mol. The van der Waals surface area contributed by atoms with E-state index in [9.17, 15) is 9.59 Å². The molecule has 1 aliphatic heterocycles. The van der Waals surface area contributed by atoms with E-state index in [4.69, 9.17) is 11.6 Å². The van der Waals surface area contributed by atoms with Crippen molar-refractivity contribution in [2.75, 3.05) is 0 Å². The summed E-state index contributed by atoms with van der Waals surface area (Å²) in [6.45, 7) is 0. The Hall–Kier alpha value is -0.570. The van der Waals surface area contributed by atoms with Gasteiger partial charge in [-0.1, -0.05) is 0 Å². The first-order valence-corrected chi connectivity index (χ1v) is 3.06. The van der Waals surface area contributed by atoms with E-state index >= 15 is 0 Å². The summed E-state index contributed by atoms with van der Waals surface area (Å²) in [6, 6.07) is -0.431.